The van der Waals surface area contributed by atoms with Gasteiger partial charge >= 0.3 is 0 Å². The van der Waals surface area contributed by atoms with Gasteiger partial charge in [-0.2, -0.15) is 0 Å². The summed E-state index contributed by atoms with van der Waals surface area (Å²) in [5.74, 6) is 0. The Balaban J connectivity index is 2.56. The molecule has 0 aliphatic rings. The van der Waals surface area contributed by atoms with Crippen molar-refractivity contribution in [2.45, 2.75) is 26.0 Å². The molecule has 1 aromatic carbocycles. The van der Waals surface area contributed by atoms with E-state index in [-0.39, 0.29) is 5.69 Å². The first kappa shape index (κ1) is 12.6. The van der Waals surface area contributed by atoms with Gasteiger partial charge in [-0.05, 0) is 6.42 Å². The molecule has 0 amide bonds. The van der Waals surface area contributed by atoms with E-state index >= 15 is 0 Å². The SMILES string of the molecule is CCC(O)CNCc1ccccc1[N+](=O)[O-]. The van der Waals surface area contributed by atoms with Crippen LogP contribution in [-0.4, -0.2) is 22.7 Å². The van der Waals surface area contributed by atoms with E-state index in [0.29, 0.717) is 25.1 Å². The molecule has 16 heavy (non-hydrogen) atoms. The van der Waals surface area contributed by atoms with Crippen molar-refractivity contribution < 1.29 is 10.0 Å². The lowest BCUT2D eigenvalue weighted by atomic mass is 10.2. The highest BCUT2D eigenvalue weighted by molar-refractivity contribution is 5.39. The van der Waals surface area contributed by atoms with Gasteiger partial charge in [0.05, 0.1) is 11.0 Å². The van der Waals surface area contributed by atoms with Gasteiger partial charge in [-0.1, -0.05) is 25.1 Å². The summed E-state index contributed by atoms with van der Waals surface area (Å²) in [6.45, 7) is 2.73. The molecule has 0 aliphatic heterocycles. The van der Waals surface area contributed by atoms with Crippen molar-refractivity contribution in [1.82, 2.24) is 5.32 Å². The van der Waals surface area contributed by atoms with E-state index in [4.69, 9.17) is 0 Å². The average Bonchev–Trinajstić information content (AvgIpc) is 2.29. The number of nitrogens with zero attached hydrogens (tertiary/aromatic N) is 1. The second kappa shape index (κ2) is 6.19. The fourth-order valence-electron chi connectivity index (χ4n) is 1.36. The number of nitro groups is 1. The number of rotatable bonds is 6. The van der Waals surface area contributed by atoms with E-state index in [0.717, 1.165) is 0 Å². The standard InChI is InChI=1S/C11H16N2O3/c1-2-10(14)8-12-7-9-5-3-4-6-11(9)13(15)16/h3-6,10,12,14H,2,7-8H2,1H3. The summed E-state index contributed by atoms with van der Waals surface area (Å²) in [6.07, 6.45) is 0.270. The number of hydrogen-bond donors (Lipinski definition) is 2. The van der Waals surface area contributed by atoms with E-state index in [9.17, 15) is 15.2 Å². The number of benzene rings is 1. The lowest BCUT2D eigenvalue weighted by Gasteiger charge is -2.09. The molecule has 88 valence electrons. The van der Waals surface area contributed by atoms with Crippen molar-refractivity contribution in [3.8, 4) is 0 Å². The van der Waals surface area contributed by atoms with E-state index in [1.54, 1.807) is 18.2 Å². The minimum atomic E-state index is -0.400. The Hall–Kier alpha value is -1.46. The molecule has 0 aromatic heterocycles. The second-order valence-electron chi connectivity index (χ2n) is 3.58. The summed E-state index contributed by atoms with van der Waals surface area (Å²) in [4.78, 5) is 10.3. The highest BCUT2D eigenvalue weighted by Crippen LogP contribution is 2.16. The zero-order valence-corrected chi connectivity index (χ0v) is 9.22. The lowest BCUT2D eigenvalue weighted by molar-refractivity contribution is -0.385. The van der Waals surface area contributed by atoms with Gasteiger partial charge in [-0.15, -0.1) is 0 Å². The van der Waals surface area contributed by atoms with Gasteiger partial charge in [0.2, 0.25) is 0 Å². The molecule has 0 saturated heterocycles. The van der Waals surface area contributed by atoms with E-state index in [1.165, 1.54) is 6.07 Å². The highest BCUT2D eigenvalue weighted by Gasteiger charge is 2.11. The van der Waals surface area contributed by atoms with Gasteiger partial charge in [-0.25, -0.2) is 0 Å². The molecule has 0 fully saturated rings. The maximum Gasteiger partial charge on any atom is 0.273 e. The molecule has 0 heterocycles. The van der Waals surface area contributed by atoms with Crippen LogP contribution in [0.5, 0.6) is 0 Å². The Kier molecular flexibility index (Phi) is 4.88. The number of aliphatic hydroxyl groups excluding tert-OH is 1. The molecule has 0 saturated carbocycles. The number of para-hydroxylation sites is 1. The Labute approximate surface area is 94.3 Å². The van der Waals surface area contributed by atoms with Crippen LogP contribution in [0, 0.1) is 10.1 Å². The first-order chi connectivity index (χ1) is 7.65. The predicted molar refractivity (Wildman–Crippen MR) is 61.1 cm³/mol. The maximum absolute atomic E-state index is 10.7. The monoisotopic (exact) mass is 224 g/mol. The summed E-state index contributed by atoms with van der Waals surface area (Å²) in [6, 6.07) is 6.60. The van der Waals surface area contributed by atoms with Crippen molar-refractivity contribution in [1.29, 1.82) is 0 Å². The molecule has 0 radical (unpaired) electrons. The largest absolute Gasteiger partial charge is 0.392 e. The zero-order valence-electron chi connectivity index (χ0n) is 9.22. The molecule has 1 atom stereocenters. The van der Waals surface area contributed by atoms with E-state index in [1.807, 2.05) is 6.92 Å². The summed E-state index contributed by atoms with van der Waals surface area (Å²) < 4.78 is 0. The molecule has 0 spiro atoms. The molecule has 5 nitrogen and oxygen atoms in total. The van der Waals surface area contributed by atoms with Crippen molar-refractivity contribution in [3.05, 3.63) is 39.9 Å². The van der Waals surface area contributed by atoms with Gasteiger partial charge in [-0.3, -0.25) is 10.1 Å². The second-order valence-corrected chi connectivity index (χ2v) is 3.58. The Morgan fingerprint density at radius 3 is 2.81 bits per heavy atom. The smallest absolute Gasteiger partial charge is 0.273 e. The summed E-state index contributed by atoms with van der Waals surface area (Å²) >= 11 is 0. The Morgan fingerprint density at radius 1 is 1.50 bits per heavy atom. The molecular weight excluding hydrogens is 208 g/mol. The fourth-order valence-corrected chi connectivity index (χ4v) is 1.36. The topological polar surface area (TPSA) is 75.4 Å². The van der Waals surface area contributed by atoms with Gasteiger partial charge < -0.3 is 10.4 Å². The Bertz CT molecular complexity index is 355. The average molecular weight is 224 g/mol. The third-order valence-corrected chi connectivity index (χ3v) is 2.35. The number of nitro benzene ring substituents is 1. The molecule has 0 bridgehead atoms. The van der Waals surface area contributed by atoms with Gasteiger partial charge in [0, 0.05) is 24.7 Å². The number of nitrogens with one attached hydrogen (secondary N) is 1. The van der Waals surface area contributed by atoms with Crippen LogP contribution in [0.2, 0.25) is 0 Å². The van der Waals surface area contributed by atoms with Crippen LogP contribution in [0.3, 0.4) is 0 Å². The quantitative estimate of drug-likeness (QED) is 0.566. The minimum absolute atomic E-state index is 0.112. The Morgan fingerprint density at radius 2 is 2.19 bits per heavy atom. The van der Waals surface area contributed by atoms with Crippen LogP contribution in [0.25, 0.3) is 0 Å². The highest BCUT2D eigenvalue weighted by atomic mass is 16.6. The summed E-state index contributed by atoms with van der Waals surface area (Å²) in [5.41, 5.74) is 0.747. The molecule has 1 rings (SSSR count). The molecule has 0 aliphatic carbocycles. The first-order valence-corrected chi connectivity index (χ1v) is 5.26. The van der Waals surface area contributed by atoms with Crippen LogP contribution in [-0.2, 0) is 6.54 Å². The van der Waals surface area contributed by atoms with Crippen LogP contribution in [0.1, 0.15) is 18.9 Å². The summed E-state index contributed by atoms with van der Waals surface area (Å²) in [7, 11) is 0. The van der Waals surface area contributed by atoms with Crippen molar-refractivity contribution in [3.63, 3.8) is 0 Å². The lowest BCUT2D eigenvalue weighted by Crippen LogP contribution is -2.25. The van der Waals surface area contributed by atoms with E-state index < -0.39 is 11.0 Å². The van der Waals surface area contributed by atoms with Crippen molar-refractivity contribution in [2.24, 2.45) is 0 Å². The minimum Gasteiger partial charge on any atom is -0.392 e. The van der Waals surface area contributed by atoms with Gasteiger partial charge in [0.15, 0.2) is 0 Å². The van der Waals surface area contributed by atoms with Crippen LogP contribution in [0.4, 0.5) is 5.69 Å². The van der Waals surface area contributed by atoms with Gasteiger partial charge in [0.25, 0.3) is 5.69 Å². The first-order valence-electron chi connectivity index (χ1n) is 5.26. The molecular formula is C11H16N2O3. The van der Waals surface area contributed by atoms with Crippen LogP contribution < -0.4 is 5.32 Å². The van der Waals surface area contributed by atoms with Crippen molar-refractivity contribution >= 4 is 5.69 Å². The maximum atomic E-state index is 10.7. The summed E-state index contributed by atoms with van der Waals surface area (Å²) in [5, 5.41) is 23.0. The molecule has 1 aromatic rings. The fraction of sp³-hybridized carbons (Fsp3) is 0.455. The molecule has 1 unspecified atom stereocenters. The third kappa shape index (κ3) is 3.60. The van der Waals surface area contributed by atoms with Gasteiger partial charge in [0.1, 0.15) is 0 Å². The van der Waals surface area contributed by atoms with Crippen molar-refractivity contribution in [2.75, 3.05) is 6.54 Å². The third-order valence-electron chi connectivity index (χ3n) is 2.35. The number of hydrogen-bond acceptors (Lipinski definition) is 4. The van der Waals surface area contributed by atoms with Crippen LogP contribution in [0.15, 0.2) is 24.3 Å². The molecule has 5 heteroatoms. The normalized spacial score (nSPS) is 12.4. The predicted octanol–water partition coefficient (Wildman–Crippen LogP) is 1.46. The van der Waals surface area contributed by atoms with E-state index in [2.05, 4.69) is 5.32 Å². The number of aliphatic hydroxyl groups is 1. The zero-order chi connectivity index (χ0) is 12.0. The molecule has 2 N–H and O–H groups in total. The van der Waals surface area contributed by atoms with Crippen LogP contribution >= 0.6 is 0 Å².